The minimum Gasteiger partial charge on any atom is -0.352 e. The molecule has 1 amide bonds. The van der Waals surface area contributed by atoms with E-state index in [0.717, 1.165) is 38.8 Å². The first-order chi connectivity index (χ1) is 13.2. The molecule has 1 heterocycles. The first-order valence-electron chi connectivity index (χ1n) is 11.3. The molecule has 4 aliphatic carbocycles. The molecule has 4 saturated carbocycles. The highest BCUT2D eigenvalue weighted by atomic mass is 16.2. The normalized spacial score (nSPS) is 43.7. The molecule has 3 heteroatoms. The second-order valence-corrected chi connectivity index (χ2v) is 11.7. The Hall–Kier alpha value is -1.35. The van der Waals surface area contributed by atoms with Crippen LogP contribution < -0.4 is 10.6 Å². The minimum absolute atomic E-state index is 0.122. The number of piperidine rings is 1. The van der Waals surface area contributed by atoms with Crippen molar-refractivity contribution in [2.45, 2.75) is 77.2 Å². The summed E-state index contributed by atoms with van der Waals surface area (Å²) in [6.07, 6.45) is 8.13. The van der Waals surface area contributed by atoms with Gasteiger partial charge in [-0.15, -0.1) is 0 Å². The van der Waals surface area contributed by atoms with Gasteiger partial charge in [0, 0.05) is 12.6 Å². The van der Waals surface area contributed by atoms with Gasteiger partial charge in [-0.1, -0.05) is 51.1 Å². The minimum atomic E-state index is -0.162. The third kappa shape index (κ3) is 2.84. The molecule has 0 radical (unpaired) electrons. The van der Waals surface area contributed by atoms with E-state index in [4.69, 9.17) is 0 Å². The van der Waals surface area contributed by atoms with Crippen molar-refractivity contribution in [2.24, 2.45) is 22.2 Å². The summed E-state index contributed by atoms with van der Waals surface area (Å²) in [6.45, 7) is 9.04. The second kappa shape index (κ2) is 6.08. The Balaban J connectivity index is 1.47. The van der Waals surface area contributed by atoms with Gasteiger partial charge in [0.2, 0.25) is 5.91 Å². The van der Waals surface area contributed by atoms with Crippen LogP contribution in [0.1, 0.15) is 71.3 Å². The lowest BCUT2D eigenvalue weighted by Crippen LogP contribution is -2.64. The molecule has 152 valence electrons. The Morgan fingerprint density at radius 1 is 1.04 bits per heavy atom. The fraction of sp³-hybridized carbons (Fsp3) is 0.720. The van der Waals surface area contributed by atoms with Gasteiger partial charge in [0.05, 0.1) is 5.41 Å². The molecule has 1 aromatic rings. The van der Waals surface area contributed by atoms with E-state index in [1.54, 1.807) is 0 Å². The summed E-state index contributed by atoms with van der Waals surface area (Å²) < 4.78 is 0. The van der Waals surface area contributed by atoms with E-state index < -0.39 is 0 Å². The third-order valence-corrected chi connectivity index (χ3v) is 8.65. The molecule has 1 saturated heterocycles. The fourth-order valence-corrected chi connectivity index (χ4v) is 8.04. The van der Waals surface area contributed by atoms with Crippen LogP contribution in [0.3, 0.4) is 0 Å². The highest BCUT2D eigenvalue weighted by molar-refractivity contribution is 5.84. The number of carbonyl (C=O) groups is 1. The number of nitrogens with one attached hydrogen (secondary N) is 2. The maximum atomic E-state index is 13.8. The van der Waals surface area contributed by atoms with Crippen LogP contribution in [0, 0.1) is 22.2 Å². The van der Waals surface area contributed by atoms with Gasteiger partial charge < -0.3 is 10.6 Å². The van der Waals surface area contributed by atoms with Gasteiger partial charge in [0.25, 0.3) is 0 Å². The van der Waals surface area contributed by atoms with E-state index in [0.29, 0.717) is 17.2 Å². The summed E-state index contributed by atoms with van der Waals surface area (Å²) in [6, 6.07) is 11.4. The van der Waals surface area contributed by atoms with Crippen LogP contribution in [0.4, 0.5) is 0 Å². The first-order valence-corrected chi connectivity index (χ1v) is 11.3. The predicted molar refractivity (Wildman–Crippen MR) is 113 cm³/mol. The van der Waals surface area contributed by atoms with Gasteiger partial charge in [-0.2, -0.15) is 0 Å². The van der Waals surface area contributed by atoms with Crippen molar-refractivity contribution < 1.29 is 4.79 Å². The molecular formula is C25H36N2O. The summed E-state index contributed by atoms with van der Waals surface area (Å²) in [5.41, 5.74) is 1.96. The van der Waals surface area contributed by atoms with E-state index in [-0.39, 0.29) is 22.3 Å². The number of carbonyl (C=O) groups excluding carboxylic acids is 1. The highest BCUT2D eigenvalue weighted by Gasteiger charge is 2.64. The van der Waals surface area contributed by atoms with Gasteiger partial charge in [-0.05, 0) is 79.2 Å². The van der Waals surface area contributed by atoms with E-state index in [9.17, 15) is 4.79 Å². The van der Waals surface area contributed by atoms with Gasteiger partial charge in [-0.3, -0.25) is 4.79 Å². The van der Waals surface area contributed by atoms with Crippen molar-refractivity contribution in [2.75, 3.05) is 13.1 Å². The summed E-state index contributed by atoms with van der Waals surface area (Å²) in [5.74, 6) is 1.07. The quantitative estimate of drug-likeness (QED) is 0.815. The number of hydrogen-bond donors (Lipinski definition) is 2. The molecule has 0 aromatic heterocycles. The van der Waals surface area contributed by atoms with Crippen molar-refractivity contribution >= 4 is 5.91 Å². The molecule has 1 aliphatic heterocycles. The van der Waals surface area contributed by atoms with Gasteiger partial charge >= 0.3 is 0 Å². The first kappa shape index (κ1) is 18.7. The Morgan fingerprint density at radius 2 is 1.82 bits per heavy atom. The van der Waals surface area contributed by atoms with Gasteiger partial charge in [0.15, 0.2) is 0 Å². The molecule has 5 aliphatic rings. The maximum Gasteiger partial charge on any atom is 0.226 e. The average Bonchev–Trinajstić information content (AvgIpc) is 2.62. The molecule has 28 heavy (non-hydrogen) atoms. The van der Waals surface area contributed by atoms with Crippen LogP contribution in [0.25, 0.3) is 0 Å². The van der Waals surface area contributed by atoms with Crippen molar-refractivity contribution in [1.29, 1.82) is 0 Å². The van der Waals surface area contributed by atoms with Gasteiger partial charge in [0.1, 0.15) is 0 Å². The third-order valence-electron chi connectivity index (χ3n) is 8.65. The van der Waals surface area contributed by atoms with Crippen LogP contribution in [-0.2, 0) is 10.2 Å². The lowest BCUT2D eigenvalue weighted by atomic mass is 9.38. The molecule has 6 rings (SSSR count). The van der Waals surface area contributed by atoms with Crippen molar-refractivity contribution in [1.82, 2.24) is 10.6 Å². The van der Waals surface area contributed by atoms with E-state index in [1.165, 1.54) is 24.8 Å². The molecule has 2 N–H and O–H groups in total. The molecule has 4 bridgehead atoms. The van der Waals surface area contributed by atoms with Crippen molar-refractivity contribution in [3.63, 3.8) is 0 Å². The maximum absolute atomic E-state index is 13.8. The van der Waals surface area contributed by atoms with Gasteiger partial charge in [-0.25, -0.2) is 0 Å². The summed E-state index contributed by atoms with van der Waals surface area (Å²) in [5, 5.41) is 7.07. The lowest BCUT2D eigenvalue weighted by Gasteiger charge is -2.65. The highest BCUT2D eigenvalue weighted by Crippen LogP contribution is 2.70. The number of benzene rings is 1. The van der Waals surface area contributed by atoms with Crippen LogP contribution in [0.15, 0.2) is 30.3 Å². The zero-order chi connectivity index (χ0) is 19.6. The van der Waals surface area contributed by atoms with Crippen LogP contribution in [0.5, 0.6) is 0 Å². The molecule has 5 fully saturated rings. The smallest absolute Gasteiger partial charge is 0.226 e. The van der Waals surface area contributed by atoms with E-state index in [1.807, 2.05) is 0 Å². The topological polar surface area (TPSA) is 41.1 Å². The number of hydrogen-bond acceptors (Lipinski definition) is 2. The second-order valence-electron chi connectivity index (χ2n) is 11.7. The molecule has 1 aromatic carbocycles. The van der Waals surface area contributed by atoms with Crippen LogP contribution in [-0.4, -0.2) is 25.0 Å². The monoisotopic (exact) mass is 380 g/mol. The summed E-state index contributed by atoms with van der Waals surface area (Å²) in [4.78, 5) is 13.8. The standard InChI is InChI=1S/C25H36N2O/c1-22(2)17-26-10-9-20(22)27-21(28)25-13-18-11-23(3,15-25)14-24(12-18,16-25)19-7-5-4-6-8-19/h4-8,18,20,26H,9-17H2,1-3H3,(H,27,28)/t18?,20?,23-,24-,25?/m1/s1. The van der Waals surface area contributed by atoms with Crippen LogP contribution >= 0.6 is 0 Å². The fourth-order valence-electron chi connectivity index (χ4n) is 8.04. The molecule has 0 spiro atoms. The zero-order valence-electron chi connectivity index (χ0n) is 17.8. The average molecular weight is 381 g/mol. The lowest BCUT2D eigenvalue weighted by molar-refractivity contribution is -0.161. The van der Waals surface area contributed by atoms with Crippen LogP contribution in [0.2, 0.25) is 0 Å². The molecular weight excluding hydrogens is 344 g/mol. The van der Waals surface area contributed by atoms with E-state index in [2.05, 4.69) is 61.7 Å². The number of rotatable bonds is 3. The van der Waals surface area contributed by atoms with Crippen molar-refractivity contribution in [3.05, 3.63) is 35.9 Å². The van der Waals surface area contributed by atoms with Crippen molar-refractivity contribution in [3.8, 4) is 0 Å². The SMILES string of the molecule is CC1(C)CNCCC1NC(=O)C12CC3C[C@@](C)(C1)C[C@](c1ccccc1)(C3)C2. The molecule has 3 nitrogen and oxygen atoms in total. The Labute approximate surface area is 170 Å². The zero-order valence-corrected chi connectivity index (χ0v) is 17.8. The molecule has 5 atom stereocenters. The Morgan fingerprint density at radius 3 is 2.54 bits per heavy atom. The molecule has 3 unspecified atom stereocenters. The largest absolute Gasteiger partial charge is 0.352 e. The number of amides is 1. The summed E-state index contributed by atoms with van der Waals surface area (Å²) in [7, 11) is 0. The Bertz CT molecular complexity index is 774. The predicted octanol–water partition coefficient (Wildman–Crippen LogP) is 4.42. The van der Waals surface area contributed by atoms with E-state index >= 15 is 0 Å². The Kier molecular flexibility index (Phi) is 4.05. The summed E-state index contributed by atoms with van der Waals surface area (Å²) >= 11 is 0.